The highest BCUT2D eigenvalue weighted by atomic mass is 16.5. The number of benzene rings is 2. The van der Waals surface area contributed by atoms with E-state index in [4.69, 9.17) is 14.0 Å². The summed E-state index contributed by atoms with van der Waals surface area (Å²) >= 11 is 0. The molecule has 1 aromatic heterocycles. The number of ether oxygens (including phenoxy) is 2. The van der Waals surface area contributed by atoms with E-state index in [1.54, 1.807) is 31.3 Å². The second kappa shape index (κ2) is 8.06. The molecule has 0 aliphatic carbocycles. The summed E-state index contributed by atoms with van der Waals surface area (Å²) in [6.45, 7) is 0.468. The van der Waals surface area contributed by atoms with Crippen LogP contribution in [0.2, 0.25) is 0 Å². The molecular weight excluding hydrogens is 384 g/mol. The van der Waals surface area contributed by atoms with Crippen molar-refractivity contribution >= 4 is 17.3 Å². The summed E-state index contributed by atoms with van der Waals surface area (Å²) in [5.41, 5.74) is 2.71. The van der Waals surface area contributed by atoms with Crippen molar-refractivity contribution in [3.05, 3.63) is 48.4 Å². The van der Waals surface area contributed by atoms with Gasteiger partial charge in [-0.05, 0) is 36.4 Å². The lowest BCUT2D eigenvalue weighted by molar-refractivity contribution is -0.117. The minimum absolute atomic E-state index is 0.00214. The van der Waals surface area contributed by atoms with Crippen molar-refractivity contribution in [3.63, 3.8) is 0 Å². The van der Waals surface area contributed by atoms with Crippen LogP contribution in [0, 0.1) is 0 Å². The molecule has 8 nitrogen and oxygen atoms in total. The predicted molar refractivity (Wildman–Crippen MR) is 113 cm³/mol. The Labute approximate surface area is 175 Å². The fourth-order valence-corrected chi connectivity index (χ4v) is 3.54. The van der Waals surface area contributed by atoms with Gasteiger partial charge in [-0.15, -0.1) is 0 Å². The number of rotatable bonds is 6. The number of hydrogen-bond acceptors (Lipinski definition) is 7. The molecule has 0 unspecified atom stereocenters. The van der Waals surface area contributed by atoms with Crippen molar-refractivity contribution in [1.82, 2.24) is 10.1 Å². The van der Waals surface area contributed by atoms with Gasteiger partial charge >= 0.3 is 0 Å². The van der Waals surface area contributed by atoms with Gasteiger partial charge < -0.3 is 23.8 Å². The molecule has 0 spiro atoms. The molecule has 4 rings (SSSR count). The van der Waals surface area contributed by atoms with Gasteiger partial charge in [-0.2, -0.15) is 4.98 Å². The van der Waals surface area contributed by atoms with E-state index in [9.17, 15) is 4.79 Å². The van der Waals surface area contributed by atoms with E-state index in [-0.39, 0.29) is 11.8 Å². The quantitative estimate of drug-likeness (QED) is 0.619. The van der Waals surface area contributed by atoms with E-state index in [2.05, 4.69) is 10.1 Å². The zero-order valence-corrected chi connectivity index (χ0v) is 17.5. The van der Waals surface area contributed by atoms with Gasteiger partial charge in [0.1, 0.15) is 0 Å². The SMILES string of the molecule is COc1ccc(N2C[C@H](c3nc(-c4ccc(N(C)C)cc4)no3)CC2=O)cc1OC. The van der Waals surface area contributed by atoms with Crippen LogP contribution in [-0.2, 0) is 4.79 Å². The van der Waals surface area contributed by atoms with Crippen molar-refractivity contribution in [2.75, 3.05) is 44.7 Å². The highest BCUT2D eigenvalue weighted by molar-refractivity contribution is 5.96. The number of carbonyl (C=O) groups excluding carboxylic acids is 1. The van der Waals surface area contributed by atoms with Crippen molar-refractivity contribution in [2.24, 2.45) is 0 Å². The smallest absolute Gasteiger partial charge is 0.232 e. The Hall–Kier alpha value is -3.55. The van der Waals surface area contributed by atoms with E-state index in [0.29, 0.717) is 36.2 Å². The van der Waals surface area contributed by atoms with Crippen molar-refractivity contribution < 1.29 is 18.8 Å². The Morgan fingerprint density at radius 2 is 1.80 bits per heavy atom. The molecule has 2 aromatic carbocycles. The molecule has 1 amide bonds. The van der Waals surface area contributed by atoms with E-state index >= 15 is 0 Å². The third-order valence-electron chi connectivity index (χ3n) is 5.24. The summed E-state index contributed by atoms with van der Waals surface area (Å²) in [7, 11) is 7.13. The standard InChI is InChI=1S/C22H24N4O4/c1-25(2)16-7-5-14(6-8-16)21-23-22(30-24-21)15-11-20(27)26(13-15)17-9-10-18(28-3)19(12-17)29-4/h5-10,12,15H,11,13H2,1-4H3/t15-/m1/s1. The van der Waals surface area contributed by atoms with Crippen LogP contribution >= 0.6 is 0 Å². The van der Waals surface area contributed by atoms with Gasteiger partial charge in [0.2, 0.25) is 17.6 Å². The number of nitrogens with zero attached hydrogens (tertiary/aromatic N) is 4. The van der Waals surface area contributed by atoms with E-state index < -0.39 is 0 Å². The average molecular weight is 408 g/mol. The molecule has 0 radical (unpaired) electrons. The molecule has 0 N–H and O–H groups in total. The number of amides is 1. The Morgan fingerprint density at radius 1 is 1.07 bits per heavy atom. The summed E-state index contributed by atoms with van der Waals surface area (Å²) in [6.07, 6.45) is 0.315. The molecule has 8 heteroatoms. The number of aromatic nitrogens is 2. The van der Waals surface area contributed by atoms with Crippen LogP contribution in [0.4, 0.5) is 11.4 Å². The number of anilines is 2. The van der Waals surface area contributed by atoms with Gasteiger partial charge in [0.25, 0.3) is 0 Å². The first kappa shape index (κ1) is 19.8. The Balaban J connectivity index is 1.52. The number of methoxy groups -OCH3 is 2. The third kappa shape index (κ3) is 3.68. The second-order valence-corrected chi connectivity index (χ2v) is 7.34. The van der Waals surface area contributed by atoms with Gasteiger partial charge in [-0.25, -0.2) is 0 Å². The molecule has 1 aliphatic heterocycles. The van der Waals surface area contributed by atoms with Crippen LogP contribution in [0.25, 0.3) is 11.4 Å². The minimum atomic E-state index is -0.159. The van der Waals surface area contributed by atoms with E-state index in [0.717, 1.165) is 16.9 Å². The van der Waals surface area contributed by atoms with Gasteiger partial charge in [-0.1, -0.05) is 5.16 Å². The lowest BCUT2D eigenvalue weighted by atomic mass is 10.1. The zero-order chi connectivity index (χ0) is 21.3. The highest BCUT2D eigenvalue weighted by Crippen LogP contribution is 2.36. The lowest BCUT2D eigenvalue weighted by Crippen LogP contribution is -2.24. The van der Waals surface area contributed by atoms with E-state index in [1.165, 1.54) is 0 Å². The van der Waals surface area contributed by atoms with Gasteiger partial charge in [0, 0.05) is 50.1 Å². The Morgan fingerprint density at radius 3 is 2.47 bits per heavy atom. The number of hydrogen-bond donors (Lipinski definition) is 0. The largest absolute Gasteiger partial charge is 0.493 e. The van der Waals surface area contributed by atoms with E-state index in [1.807, 2.05) is 49.3 Å². The molecule has 3 aromatic rings. The molecular formula is C22H24N4O4. The molecule has 2 heterocycles. The second-order valence-electron chi connectivity index (χ2n) is 7.34. The summed E-state index contributed by atoms with van der Waals surface area (Å²) < 4.78 is 16.1. The van der Waals surface area contributed by atoms with Crippen molar-refractivity contribution in [2.45, 2.75) is 12.3 Å². The predicted octanol–water partition coefficient (Wildman–Crippen LogP) is 3.34. The molecule has 0 bridgehead atoms. The molecule has 156 valence electrons. The maximum absolute atomic E-state index is 12.7. The summed E-state index contributed by atoms with van der Waals surface area (Å²) in [5, 5.41) is 4.11. The van der Waals surface area contributed by atoms with Crippen LogP contribution in [0.3, 0.4) is 0 Å². The maximum atomic E-state index is 12.7. The average Bonchev–Trinajstić information content (AvgIpc) is 3.40. The Kier molecular flexibility index (Phi) is 5.31. The van der Waals surface area contributed by atoms with Gasteiger partial charge in [0.05, 0.1) is 20.1 Å². The first-order valence-corrected chi connectivity index (χ1v) is 9.64. The third-order valence-corrected chi connectivity index (χ3v) is 5.24. The molecule has 1 atom stereocenters. The summed E-state index contributed by atoms with van der Waals surface area (Å²) in [4.78, 5) is 20.9. The van der Waals surface area contributed by atoms with Gasteiger partial charge in [0.15, 0.2) is 11.5 Å². The van der Waals surface area contributed by atoms with Crippen LogP contribution in [0.1, 0.15) is 18.2 Å². The summed E-state index contributed by atoms with van der Waals surface area (Å²) in [5.74, 6) is 2.03. The minimum Gasteiger partial charge on any atom is -0.493 e. The molecule has 1 fully saturated rings. The first-order chi connectivity index (χ1) is 14.5. The van der Waals surface area contributed by atoms with Crippen molar-refractivity contribution in [3.8, 4) is 22.9 Å². The van der Waals surface area contributed by atoms with Crippen LogP contribution in [0.5, 0.6) is 11.5 Å². The fourth-order valence-electron chi connectivity index (χ4n) is 3.54. The number of carbonyl (C=O) groups is 1. The monoisotopic (exact) mass is 408 g/mol. The highest BCUT2D eigenvalue weighted by Gasteiger charge is 2.35. The van der Waals surface area contributed by atoms with Crippen LogP contribution in [-0.4, -0.2) is 50.9 Å². The van der Waals surface area contributed by atoms with Crippen LogP contribution in [0.15, 0.2) is 47.0 Å². The van der Waals surface area contributed by atoms with Crippen LogP contribution < -0.4 is 19.3 Å². The first-order valence-electron chi connectivity index (χ1n) is 9.64. The van der Waals surface area contributed by atoms with Gasteiger partial charge in [-0.3, -0.25) is 4.79 Å². The molecule has 1 aliphatic rings. The molecule has 1 saturated heterocycles. The molecule has 30 heavy (non-hydrogen) atoms. The normalized spacial score (nSPS) is 16.1. The zero-order valence-electron chi connectivity index (χ0n) is 17.5. The lowest BCUT2D eigenvalue weighted by Gasteiger charge is -2.18. The maximum Gasteiger partial charge on any atom is 0.232 e. The molecule has 0 saturated carbocycles. The summed E-state index contributed by atoms with van der Waals surface area (Å²) in [6, 6.07) is 13.3. The fraction of sp³-hybridized carbons (Fsp3) is 0.318. The van der Waals surface area contributed by atoms with Crippen molar-refractivity contribution in [1.29, 1.82) is 0 Å². The Bertz CT molecular complexity index is 1050. The topological polar surface area (TPSA) is 80.9 Å².